The first kappa shape index (κ1) is 16.9. The number of carbonyl (C=O) groups excluding carboxylic acids is 1. The minimum absolute atomic E-state index is 0.226. The van der Waals surface area contributed by atoms with Gasteiger partial charge in [0, 0.05) is 5.69 Å². The molecule has 122 valence electrons. The number of benzene rings is 2. The van der Waals surface area contributed by atoms with E-state index >= 15 is 0 Å². The highest BCUT2D eigenvalue weighted by molar-refractivity contribution is 5.89. The van der Waals surface area contributed by atoms with Gasteiger partial charge in [-0.3, -0.25) is 0 Å². The van der Waals surface area contributed by atoms with Crippen LogP contribution in [0.1, 0.15) is 30.9 Å². The number of hydrogen-bond donors (Lipinski definition) is 2. The molecule has 0 unspecified atom stereocenters. The Hall–Kier alpha value is -2.49. The number of aryl methyl sites for hydroxylation is 1. The van der Waals surface area contributed by atoms with Crippen molar-refractivity contribution in [2.24, 2.45) is 0 Å². The van der Waals surface area contributed by atoms with E-state index in [4.69, 9.17) is 4.74 Å². The lowest BCUT2D eigenvalue weighted by molar-refractivity contribution is 0.247. The van der Waals surface area contributed by atoms with E-state index in [9.17, 15) is 4.79 Å². The fourth-order valence-electron chi connectivity index (χ4n) is 2.17. The number of urea groups is 1. The minimum Gasteiger partial charge on any atom is -0.491 e. The van der Waals surface area contributed by atoms with E-state index in [1.807, 2.05) is 55.5 Å². The summed E-state index contributed by atoms with van der Waals surface area (Å²) in [5.41, 5.74) is 3.12. The molecule has 0 saturated heterocycles. The predicted molar refractivity (Wildman–Crippen MR) is 94.2 cm³/mol. The predicted octanol–water partition coefficient (Wildman–Crippen LogP) is 4.32. The summed E-state index contributed by atoms with van der Waals surface area (Å²) in [6.45, 7) is 7.16. The summed E-state index contributed by atoms with van der Waals surface area (Å²) in [5, 5.41) is 5.60. The van der Waals surface area contributed by atoms with E-state index in [-0.39, 0.29) is 6.03 Å². The van der Waals surface area contributed by atoms with Crippen LogP contribution in [0.15, 0.2) is 48.5 Å². The normalized spacial score (nSPS) is 10.4. The van der Waals surface area contributed by atoms with Crippen LogP contribution in [0.5, 0.6) is 5.75 Å². The van der Waals surface area contributed by atoms with E-state index < -0.39 is 0 Å². The van der Waals surface area contributed by atoms with E-state index in [1.165, 1.54) is 5.56 Å². The summed E-state index contributed by atoms with van der Waals surface area (Å²) in [7, 11) is 0. The molecule has 0 atom stereocenters. The maximum Gasteiger partial charge on any atom is 0.319 e. The Kier molecular flexibility index (Phi) is 6.03. The second-order valence-electron chi connectivity index (χ2n) is 5.77. The van der Waals surface area contributed by atoms with Gasteiger partial charge in [0.2, 0.25) is 0 Å². The van der Waals surface area contributed by atoms with Gasteiger partial charge < -0.3 is 15.4 Å². The molecule has 0 aromatic heterocycles. The van der Waals surface area contributed by atoms with Crippen LogP contribution in [0, 0.1) is 6.92 Å². The molecule has 2 aromatic rings. The van der Waals surface area contributed by atoms with Gasteiger partial charge in [0.1, 0.15) is 12.4 Å². The van der Waals surface area contributed by atoms with Crippen LogP contribution in [0.2, 0.25) is 0 Å². The second kappa shape index (κ2) is 8.22. The quantitative estimate of drug-likeness (QED) is 0.781. The average molecular weight is 312 g/mol. The van der Waals surface area contributed by atoms with Gasteiger partial charge in [-0.2, -0.15) is 0 Å². The Morgan fingerprint density at radius 3 is 2.43 bits per heavy atom. The molecule has 4 nitrogen and oxygen atoms in total. The third kappa shape index (κ3) is 5.33. The zero-order valence-corrected chi connectivity index (χ0v) is 13.9. The SMILES string of the molecule is Cc1ccccc1OCCNC(=O)Nc1ccc(C(C)C)cc1. The van der Waals surface area contributed by atoms with Crippen LogP contribution < -0.4 is 15.4 Å². The molecular formula is C19H24N2O2. The van der Waals surface area contributed by atoms with Crippen LogP contribution in [-0.2, 0) is 0 Å². The fraction of sp³-hybridized carbons (Fsp3) is 0.316. The van der Waals surface area contributed by atoms with Gasteiger partial charge in [0.25, 0.3) is 0 Å². The van der Waals surface area contributed by atoms with Gasteiger partial charge in [0.05, 0.1) is 6.54 Å². The molecule has 23 heavy (non-hydrogen) atoms. The Bertz CT molecular complexity index is 636. The van der Waals surface area contributed by atoms with Gasteiger partial charge in [0.15, 0.2) is 0 Å². The fourth-order valence-corrected chi connectivity index (χ4v) is 2.17. The molecule has 2 rings (SSSR count). The molecule has 2 aromatic carbocycles. The molecule has 2 amide bonds. The van der Waals surface area contributed by atoms with Crippen molar-refractivity contribution in [2.75, 3.05) is 18.5 Å². The van der Waals surface area contributed by atoms with Crippen LogP contribution in [-0.4, -0.2) is 19.2 Å². The zero-order chi connectivity index (χ0) is 16.7. The monoisotopic (exact) mass is 312 g/mol. The first-order valence-electron chi connectivity index (χ1n) is 7.89. The number of anilines is 1. The average Bonchev–Trinajstić information content (AvgIpc) is 2.53. The lowest BCUT2D eigenvalue weighted by Crippen LogP contribution is -2.32. The van der Waals surface area contributed by atoms with Gasteiger partial charge in [-0.1, -0.05) is 44.2 Å². The summed E-state index contributed by atoms with van der Waals surface area (Å²) in [6.07, 6.45) is 0. The van der Waals surface area contributed by atoms with Crippen LogP contribution in [0.4, 0.5) is 10.5 Å². The summed E-state index contributed by atoms with van der Waals surface area (Å²) < 4.78 is 5.64. The van der Waals surface area contributed by atoms with E-state index in [0.29, 0.717) is 19.1 Å². The number of carbonyl (C=O) groups is 1. The highest BCUT2D eigenvalue weighted by atomic mass is 16.5. The smallest absolute Gasteiger partial charge is 0.319 e. The Morgan fingerprint density at radius 2 is 1.78 bits per heavy atom. The maximum atomic E-state index is 11.8. The van der Waals surface area contributed by atoms with Crippen molar-refractivity contribution < 1.29 is 9.53 Å². The lowest BCUT2D eigenvalue weighted by atomic mass is 10.0. The number of amides is 2. The summed E-state index contributed by atoms with van der Waals surface area (Å²) >= 11 is 0. The number of nitrogens with one attached hydrogen (secondary N) is 2. The van der Waals surface area contributed by atoms with Crippen molar-refractivity contribution in [1.29, 1.82) is 0 Å². The maximum absolute atomic E-state index is 11.8. The van der Waals surface area contributed by atoms with Crippen molar-refractivity contribution in [1.82, 2.24) is 5.32 Å². The Balaban J connectivity index is 1.72. The zero-order valence-electron chi connectivity index (χ0n) is 13.9. The van der Waals surface area contributed by atoms with Crippen molar-refractivity contribution in [3.63, 3.8) is 0 Å². The number of ether oxygens (including phenoxy) is 1. The molecule has 0 heterocycles. The molecule has 0 aliphatic heterocycles. The molecule has 0 fully saturated rings. The number of rotatable bonds is 6. The van der Waals surface area contributed by atoms with Crippen LogP contribution in [0.3, 0.4) is 0 Å². The molecule has 4 heteroatoms. The molecule has 0 aliphatic rings. The molecular weight excluding hydrogens is 288 g/mol. The molecule has 0 radical (unpaired) electrons. The van der Waals surface area contributed by atoms with E-state index in [2.05, 4.69) is 24.5 Å². The van der Waals surface area contributed by atoms with Crippen molar-refractivity contribution in [3.8, 4) is 5.75 Å². The standard InChI is InChI=1S/C19H24N2O2/c1-14(2)16-8-10-17(11-9-16)21-19(22)20-12-13-23-18-7-5-4-6-15(18)3/h4-11,14H,12-13H2,1-3H3,(H2,20,21,22). The van der Waals surface area contributed by atoms with Crippen molar-refractivity contribution in [3.05, 3.63) is 59.7 Å². The summed E-state index contributed by atoms with van der Waals surface area (Å²) in [5.74, 6) is 1.33. The minimum atomic E-state index is -0.226. The molecule has 0 aliphatic carbocycles. The highest BCUT2D eigenvalue weighted by Crippen LogP contribution is 2.17. The van der Waals surface area contributed by atoms with E-state index in [1.54, 1.807) is 0 Å². The van der Waals surface area contributed by atoms with Crippen LogP contribution in [0.25, 0.3) is 0 Å². The van der Waals surface area contributed by atoms with Gasteiger partial charge in [-0.25, -0.2) is 4.79 Å². The lowest BCUT2D eigenvalue weighted by Gasteiger charge is -2.11. The Labute approximate surface area is 137 Å². The topological polar surface area (TPSA) is 50.4 Å². The first-order chi connectivity index (χ1) is 11.1. The van der Waals surface area contributed by atoms with Crippen molar-refractivity contribution in [2.45, 2.75) is 26.7 Å². The molecule has 0 spiro atoms. The molecule has 0 saturated carbocycles. The number of para-hydroxylation sites is 1. The highest BCUT2D eigenvalue weighted by Gasteiger charge is 2.03. The Morgan fingerprint density at radius 1 is 1.09 bits per heavy atom. The third-order valence-electron chi connectivity index (χ3n) is 3.57. The third-order valence-corrected chi connectivity index (χ3v) is 3.57. The van der Waals surface area contributed by atoms with Gasteiger partial charge in [-0.05, 0) is 42.2 Å². The van der Waals surface area contributed by atoms with Crippen molar-refractivity contribution >= 4 is 11.7 Å². The summed E-state index contributed by atoms with van der Waals surface area (Å²) in [4.78, 5) is 11.8. The van der Waals surface area contributed by atoms with E-state index in [0.717, 1.165) is 17.0 Å². The largest absolute Gasteiger partial charge is 0.491 e. The van der Waals surface area contributed by atoms with Gasteiger partial charge in [-0.15, -0.1) is 0 Å². The first-order valence-corrected chi connectivity index (χ1v) is 7.89. The molecule has 2 N–H and O–H groups in total. The second-order valence-corrected chi connectivity index (χ2v) is 5.77. The summed E-state index contributed by atoms with van der Waals surface area (Å²) in [6, 6.07) is 15.5. The number of hydrogen-bond acceptors (Lipinski definition) is 2. The van der Waals surface area contributed by atoms with Gasteiger partial charge >= 0.3 is 6.03 Å². The van der Waals surface area contributed by atoms with Crippen LogP contribution >= 0.6 is 0 Å². The molecule has 0 bridgehead atoms.